The van der Waals surface area contributed by atoms with E-state index in [2.05, 4.69) is 15.5 Å². The molecule has 1 aromatic rings. The molecule has 1 atom stereocenters. The van der Waals surface area contributed by atoms with Gasteiger partial charge in [-0.05, 0) is 76.4 Å². The number of nitrogens with one attached hydrogen (secondary N) is 2. The number of piperidine rings is 3. The van der Waals surface area contributed by atoms with Gasteiger partial charge in [-0.1, -0.05) is 25.2 Å². The van der Waals surface area contributed by atoms with Crippen LogP contribution in [0.3, 0.4) is 0 Å². The average molecular weight is 420 g/mol. The second-order valence-corrected chi connectivity index (χ2v) is 8.73. The first-order chi connectivity index (χ1) is 13.8. The van der Waals surface area contributed by atoms with Crippen LogP contribution in [-0.4, -0.2) is 47.3 Å². The van der Waals surface area contributed by atoms with E-state index in [0.717, 1.165) is 44.6 Å². The summed E-state index contributed by atoms with van der Waals surface area (Å²) in [5.74, 6) is 0.155. The molecule has 0 spiro atoms. The smallest absolute Gasteiger partial charge is 0.408 e. The molecule has 0 aliphatic carbocycles. The van der Waals surface area contributed by atoms with Crippen molar-refractivity contribution in [1.29, 1.82) is 0 Å². The number of rotatable bonds is 6. The van der Waals surface area contributed by atoms with Gasteiger partial charge in [0.2, 0.25) is 0 Å². The van der Waals surface area contributed by atoms with Gasteiger partial charge in [0, 0.05) is 17.8 Å². The second-order valence-electron chi connectivity index (χ2n) is 8.32. The monoisotopic (exact) mass is 419 g/mol. The van der Waals surface area contributed by atoms with Gasteiger partial charge in [-0.2, -0.15) is 0 Å². The van der Waals surface area contributed by atoms with E-state index >= 15 is 0 Å². The lowest BCUT2D eigenvalue weighted by Crippen LogP contribution is -2.55. The van der Waals surface area contributed by atoms with Crippen LogP contribution >= 0.6 is 12.2 Å². The van der Waals surface area contributed by atoms with E-state index in [4.69, 9.17) is 17.0 Å². The van der Waals surface area contributed by atoms with E-state index in [9.17, 15) is 9.18 Å². The first-order valence-corrected chi connectivity index (χ1v) is 10.7. The molecular formula is C22H30FN3O2S. The van der Waals surface area contributed by atoms with Crippen molar-refractivity contribution in [1.82, 2.24) is 15.5 Å². The summed E-state index contributed by atoms with van der Waals surface area (Å²) in [6.45, 7) is 8.87. The molecule has 3 heterocycles. The van der Waals surface area contributed by atoms with Crippen LogP contribution in [0, 0.1) is 11.7 Å². The van der Waals surface area contributed by atoms with Gasteiger partial charge in [0.1, 0.15) is 16.9 Å². The molecule has 1 aromatic carbocycles. The van der Waals surface area contributed by atoms with Crippen molar-refractivity contribution < 1.29 is 13.9 Å². The maximum Gasteiger partial charge on any atom is 0.408 e. The topological polar surface area (TPSA) is 53.6 Å². The summed E-state index contributed by atoms with van der Waals surface area (Å²) < 4.78 is 18.9. The van der Waals surface area contributed by atoms with Gasteiger partial charge in [0.15, 0.2) is 0 Å². The molecule has 29 heavy (non-hydrogen) atoms. The number of carbonyl (C=O) groups excluding carboxylic acids is 1. The third-order valence-electron chi connectivity index (χ3n) is 5.71. The number of hydrogen-bond acceptors (Lipinski definition) is 4. The van der Waals surface area contributed by atoms with Crippen molar-refractivity contribution in [2.75, 3.05) is 19.6 Å². The lowest BCUT2D eigenvalue weighted by atomic mass is 9.86. The lowest BCUT2D eigenvalue weighted by molar-refractivity contribution is -0.0345. The largest absolute Gasteiger partial charge is 0.445 e. The Bertz CT molecular complexity index is 771. The number of ether oxygens (including phenoxy) is 1. The maximum atomic E-state index is 13.2. The van der Waals surface area contributed by atoms with Crippen LogP contribution < -0.4 is 10.6 Å². The fraction of sp³-hybridized carbons (Fsp3) is 0.545. The van der Waals surface area contributed by atoms with Gasteiger partial charge >= 0.3 is 6.09 Å². The number of halogens is 1. The zero-order chi connectivity index (χ0) is 21.0. The Kier molecular flexibility index (Phi) is 6.90. The van der Waals surface area contributed by atoms with Crippen molar-refractivity contribution >= 4 is 23.3 Å². The molecule has 2 N–H and O–H groups in total. The minimum Gasteiger partial charge on any atom is -0.445 e. The van der Waals surface area contributed by atoms with Crippen LogP contribution in [0.1, 0.15) is 45.6 Å². The molecule has 3 fully saturated rings. The van der Waals surface area contributed by atoms with Gasteiger partial charge in [-0.3, -0.25) is 4.90 Å². The van der Waals surface area contributed by atoms with Crippen molar-refractivity contribution in [3.8, 4) is 0 Å². The van der Waals surface area contributed by atoms with Crippen LogP contribution in [0.15, 0.2) is 36.0 Å². The number of alkyl carbamates (subject to hydrolysis) is 1. The van der Waals surface area contributed by atoms with Crippen molar-refractivity contribution in [3.63, 3.8) is 0 Å². The summed E-state index contributed by atoms with van der Waals surface area (Å²) in [5, 5.41) is 6.21. The van der Waals surface area contributed by atoms with E-state index in [1.165, 1.54) is 12.1 Å². The predicted molar refractivity (Wildman–Crippen MR) is 116 cm³/mol. The van der Waals surface area contributed by atoms with Gasteiger partial charge in [0.05, 0.1) is 5.54 Å². The van der Waals surface area contributed by atoms with E-state index in [-0.39, 0.29) is 11.9 Å². The first-order valence-electron chi connectivity index (χ1n) is 10.3. The SMILES string of the molecule is CC/C=C(\NC(=S)c1ccc(F)cc1)C(C)(C)NC(=O)O[C@@H]1CN2CCC1CC2. The Morgan fingerprint density at radius 2 is 1.97 bits per heavy atom. The quantitative estimate of drug-likeness (QED) is 0.683. The molecule has 158 valence electrons. The number of nitrogens with zero attached hydrogens (tertiary/aromatic N) is 1. The molecule has 7 heteroatoms. The molecule has 3 saturated heterocycles. The van der Waals surface area contributed by atoms with Gasteiger partial charge in [-0.15, -0.1) is 0 Å². The zero-order valence-corrected chi connectivity index (χ0v) is 18.2. The number of benzene rings is 1. The number of fused-ring (bicyclic) bond motifs is 3. The predicted octanol–water partition coefficient (Wildman–Crippen LogP) is 3.98. The van der Waals surface area contributed by atoms with E-state index in [0.29, 0.717) is 16.5 Å². The van der Waals surface area contributed by atoms with Gasteiger partial charge < -0.3 is 15.4 Å². The van der Waals surface area contributed by atoms with Crippen molar-refractivity contribution in [2.45, 2.75) is 51.7 Å². The molecule has 2 bridgehead atoms. The van der Waals surface area contributed by atoms with Gasteiger partial charge in [0.25, 0.3) is 0 Å². The summed E-state index contributed by atoms with van der Waals surface area (Å²) in [4.78, 5) is 15.5. The first kappa shape index (κ1) is 21.7. The number of carbonyl (C=O) groups is 1. The number of allylic oxidation sites excluding steroid dienone is 1. The van der Waals surface area contributed by atoms with Crippen LogP contribution in [0.25, 0.3) is 0 Å². The molecule has 0 saturated carbocycles. The number of hydrogen-bond donors (Lipinski definition) is 2. The molecule has 3 aliphatic heterocycles. The van der Waals surface area contributed by atoms with Crippen LogP contribution in [-0.2, 0) is 4.74 Å². The molecule has 0 aromatic heterocycles. The molecule has 4 rings (SSSR count). The second kappa shape index (κ2) is 9.22. The summed E-state index contributed by atoms with van der Waals surface area (Å²) in [6, 6.07) is 6.02. The highest BCUT2D eigenvalue weighted by atomic mass is 32.1. The molecular weight excluding hydrogens is 389 g/mol. The van der Waals surface area contributed by atoms with Crippen LogP contribution in [0.5, 0.6) is 0 Å². The average Bonchev–Trinajstić information content (AvgIpc) is 2.68. The van der Waals surface area contributed by atoms with Crippen molar-refractivity contribution in [3.05, 3.63) is 47.4 Å². The maximum absolute atomic E-state index is 13.2. The minimum atomic E-state index is -0.703. The summed E-state index contributed by atoms with van der Waals surface area (Å²) in [7, 11) is 0. The summed E-state index contributed by atoms with van der Waals surface area (Å²) in [5.41, 5.74) is 0.791. The molecule has 5 nitrogen and oxygen atoms in total. The molecule has 0 unspecified atom stereocenters. The van der Waals surface area contributed by atoms with E-state index in [1.807, 2.05) is 26.8 Å². The molecule has 0 radical (unpaired) electrons. The lowest BCUT2D eigenvalue weighted by Gasteiger charge is -2.44. The van der Waals surface area contributed by atoms with E-state index in [1.54, 1.807) is 12.1 Å². The standard InChI is InChI=1S/C22H30FN3O2S/c1-4-5-19(24-20(29)16-6-8-17(23)9-7-16)22(2,3)25-21(27)28-18-14-26-12-10-15(18)11-13-26/h5-9,15,18H,4,10-14H2,1-3H3,(H,24,29)(H,25,27)/b19-5-/t18-/m1/s1. The highest BCUT2D eigenvalue weighted by Gasteiger charge is 2.37. The summed E-state index contributed by atoms with van der Waals surface area (Å²) >= 11 is 5.48. The molecule has 1 amide bonds. The summed E-state index contributed by atoms with van der Waals surface area (Å²) in [6.07, 6.45) is 4.50. The van der Waals surface area contributed by atoms with Crippen LogP contribution in [0.4, 0.5) is 9.18 Å². The Labute approximate surface area is 177 Å². The Morgan fingerprint density at radius 1 is 1.31 bits per heavy atom. The number of amides is 1. The third-order valence-corrected chi connectivity index (χ3v) is 6.04. The third kappa shape index (κ3) is 5.54. The zero-order valence-electron chi connectivity index (χ0n) is 17.3. The number of thiocarbonyl (C=S) groups is 1. The fourth-order valence-corrected chi connectivity index (χ4v) is 4.24. The Morgan fingerprint density at radius 3 is 2.52 bits per heavy atom. The highest BCUT2D eigenvalue weighted by Crippen LogP contribution is 2.29. The normalized spacial score (nSPS) is 24.1. The van der Waals surface area contributed by atoms with Crippen LogP contribution in [0.2, 0.25) is 0 Å². The fourth-order valence-electron chi connectivity index (χ4n) is 4.00. The van der Waals surface area contributed by atoms with Crippen molar-refractivity contribution in [2.24, 2.45) is 5.92 Å². The Balaban J connectivity index is 1.62. The van der Waals surface area contributed by atoms with E-state index < -0.39 is 11.6 Å². The Hall–Kier alpha value is -1.99. The molecule has 3 aliphatic rings. The van der Waals surface area contributed by atoms with Gasteiger partial charge in [-0.25, -0.2) is 9.18 Å². The highest BCUT2D eigenvalue weighted by molar-refractivity contribution is 7.80. The minimum absolute atomic E-state index is 0.0415.